The van der Waals surface area contributed by atoms with Crippen LogP contribution in [0.2, 0.25) is 0 Å². The molecule has 8 heteroatoms. The molecule has 0 unspecified atom stereocenters. The highest BCUT2D eigenvalue weighted by Gasteiger charge is 2.23. The monoisotopic (exact) mass is 506 g/mol. The van der Waals surface area contributed by atoms with Crippen LogP contribution < -0.4 is 14.8 Å². The van der Waals surface area contributed by atoms with Crippen molar-refractivity contribution in [3.63, 3.8) is 0 Å². The van der Waals surface area contributed by atoms with Gasteiger partial charge in [-0.05, 0) is 46.2 Å². The number of amides is 1. The first kappa shape index (κ1) is 23.8. The van der Waals surface area contributed by atoms with Crippen LogP contribution in [0.4, 0.5) is 0 Å². The van der Waals surface area contributed by atoms with E-state index in [4.69, 9.17) is 26.4 Å². The van der Waals surface area contributed by atoms with Crippen LogP contribution in [0.25, 0.3) is 28.0 Å². The van der Waals surface area contributed by atoms with Crippen LogP contribution in [-0.2, 0) is 9.53 Å². The summed E-state index contributed by atoms with van der Waals surface area (Å²) in [5.74, 6) is 1.13. The van der Waals surface area contributed by atoms with Gasteiger partial charge in [0.2, 0.25) is 0 Å². The minimum Gasteiger partial charge on any atom is -0.493 e. The fourth-order valence-electron chi connectivity index (χ4n) is 4.25. The van der Waals surface area contributed by atoms with Crippen molar-refractivity contribution in [2.45, 2.75) is 0 Å². The van der Waals surface area contributed by atoms with Crippen molar-refractivity contribution in [3.05, 3.63) is 65.1 Å². The van der Waals surface area contributed by atoms with Crippen LogP contribution in [-0.4, -0.2) is 61.7 Å². The normalized spacial score (nSPS) is 17.7. The Morgan fingerprint density at radius 2 is 1.91 bits per heavy atom. The van der Waals surface area contributed by atoms with Crippen LogP contribution in [0.15, 0.2) is 59.5 Å². The van der Waals surface area contributed by atoms with Gasteiger partial charge in [-0.2, -0.15) is 0 Å². The number of thiocarbonyl (C=S) groups is 1. The predicted octanol–water partition coefficient (Wildman–Crippen LogP) is 4.72. The molecule has 1 amide bonds. The van der Waals surface area contributed by atoms with E-state index >= 15 is 0 Å². The zero-order valence-electron chi connectivity index (χ0n) is 19.4. The predicted molar refractivity (Wildman–Crippen MR) is 145 cm³/mol. The van der Waals surface area contributed by atoms with E-state index in [1.165, 1.54) is 17.1 Å². The Bertz CT molecular complexity index is 1300. The third kappa shape index (κ3) is 5.51. The molecule has 2 heterocycles. The molecule has 0 spiro atoms. The molecule has 2 aliphatic heterocycles. The molecule has 0 radical (unpaired) electrons. The number of carbonyl (C=O) groups is 1. The van der Waals surface area contributed by atoms with Gasteiger partial charge in [0.25, 0.3) is 5.91 Å². The Labute approximate surface area is 214 Å². The van der Waals surface area contributed by atoms with E-state index < -0.39 is 0 Å². The highest BCUT2D eigenvalue weighted by atomic mass is 32.2. The summed E-state index contributed by atoms with van der Waals surface area (Å²) in [4.78, 5) is 15.1. The van der Waals surface area contributed by atoms with Crippen LogP contribution in [0.1, 0.15) is 5.56 Å². The third-order valence-electron chi connectivity index (χ3n) is 6.05. The summed E-state index contributed by atoms with van der Waals surface area (Å²) in [6, 6.07) is 18.6. The maximum absolute atomic E-state index is 12.2. The first-order valence-corrected chi connectivity index (χ1v) is 12.7. The topological polar surface area (TPSA) is 60.0 Å². The minimum atomic E-state index is -0.183. The molecule has 0 aromatic heterocycles. The first-order chi connectivity index (χ1) is 17.1. The number of hydrogen-bond donors (Lipinski definition) is 1. The molecule has 2 saturated heterocycles. The highest BCUT2D eigenvalue weighted by molar-refractivity contribution is 8.26. The van der Waals surface area contributed by atoms with Crippen LogP contribution in [0.5, 0.6) is 11.5 Å². The van der Waals surface area contributed by atoms with Crippen molar-refractivity contribution in [2.75, 3.05) is 46.6 Å². The molecule has 5 rings (SSSR count). The smallest absolute Gasteiger partial charge is 0.263 e. The fourth-order valence-corrected chi connectivity index (χ4v) is 5.30. The number of nitrogens with one attached hydrogen (secondary N) is 1. The zero-order valence-corrected chi connectivity index (χ0v) is 21.0. The van der Waals surface area contributed by atoms with Gasteiger partial charge >= 0.3 is 0 Å². The first-order valence-electron chi connectivity index (χ1n) is 11.5. The lowest BCUT2D eigenvalue weighted by Gasteiger charge is -2.26. The summed E-state index contributed by atoms with van der Waals surface area (Å²) in [7, 11) is 1.64. The molecule has 2 fully saturated rings. The molecule has 6 nitrogen and oxygen atoms in total. The van der Waals surface area contributed by atoms with E-state index in [-0.39, 0.29) is 5.91 Å². The number of methoxy groups -OCH3 is 1. The lowest BCUT2D eigenvalue weighted by atomic mass is 9.98. The Hall–Kier alpha value is -2.91. The van der Waals surface area contributed by atoms with E-state index in [1.807, 2.05) is 30.3 Å². The largest absolute Gasteiger partial charge is 0.493 e. The molecule has 3 aromatic rings. The van der Waals surface area contributed by atoms with Gasteiger partial charge in [-0.15, -0.1) is 0 Å². The number of fused-ring (bicyclic) bond motifs is 1. The van der Waals surface area contributed by atoms with Crippen molar-refractivity contribution >= 4 is 51.1 Å². The van der Waals surface area contributed by atoms with Crippen LogP contribution in [0.3, 0.4) is 0 Å². The van der Waals surface area contributed by atoms with Crippen molar-refractivity contribution in [1.82, 2.24) is 10.2 Å². The summed E-state index contributed by atoms with van der Waals surface area (Å²) < 4.78 is 18.0. The zero-order chi connectivity index (χ0) is 24.2. The maximum Gasteiger partial charge on any atom is 0.263 e. The second kappa shape index (κ2) is 10.8. The molecule has 35 heavy (non-hydrogen) atoms. The van der Waals surface area contributed by atoms with Crippen molar-refractivity contribution in [1.29, 1.82) is 0 Å². The Kier molecular flexibility index (Phi) is 7.34. The number of thioether (sulfide) groups is 1. The summed E-state index contributed by atoms with van der Waals surface area (Å²) >= 11 is 6.40. The molecular weight excluding hydrogens is 480 g/mol. The third-order valence-corrected chi connectivity index (χ3v) is 7.22. The number of carbonyl (C=O) groups excluding carboxylic acids is 1. The molecule has 0 aliphatic carbocycles. The average Bonchev–Trinajstić information content (AvgIpc) is 3.20. The molecule has 0 bridgehead atoms. The van der Waals surface area contributed by atoms with Gasteiger partial charge in [-0.3, -0.25) is 9.69 Å². The van der Waals surface area contributed by atoms with Gasteiger partial charge in [0.15, 0.2) is 11.5 Å². The Morgan fingerprint density at radius 3 is 2.66 bits per heavy atom. The number of ether oxygens (including phenoxy) is 3. The van der Waals surface area contributed by atoms with Gasteiger partial charge in [0.05, 0.1) is 25.2 Å². The molecule has 180 valence electrons. The quantitative estimate of drug-likeness (QED) is 0.368. The standard InChI is InChI=1S/C27H26N2O4S2/c1-31-23-15-18(16-24-26(30)28-27(34)35-24)14-22(21-7-6-19-4-2-3-5-20(19)17-21)25(23)33-13-10-29-8-11-32-12-9-29/h2-7,14-17H,8-13H2,1H3,(H,28,30,34)/b24-16-. The fraction of sp³-hybridized carbons (Fsp3) is 0.259. The highest BCUT2D eigenvalue weighted by Crippen LogP contribution is 2.41. The molecule has 0 atom stereocenters. The lowest BCUT2D eigenvalue weighted by molar-refractivity contribution is -0.115. The van der Waals surface area contributed by atoms with Crippen LogP contribution >= 0.6 is 24.0 Å². The van der Waals surface area contributed by atoms with Gasteiger partial charge in [-0.25, -0.2) is 0 Å². The number of nitrogens with zero attached hydrogens (tertiary/aromatic N) is 1. The second-order valence-electron chi connectivity index (χ2n) is 8.32. The van der Waals surface area contributed by atoms with E-state index in [1.54, 1.807) is 7.11 Å². The van der Waals surface area contributed by atoms with Gasteiger partial charge in [-0.1, -0.05) is 60.4 Å². The number of morpholine rings is 1. The van der Waals surface area contributed by atoms with Crippen LogP contribution in [0, 0.1) is 0 Å². The lowest BCUT2D eigenvalue weighted by Crippen LogP contribution is -2.38. The van der Waals surface area contributed by atoms with Crippen molar-refractivity contribution < 1.29 is 19.0 Å². The SMILES string of the molecule is COc1cc(/C=C2\SC(=S)NC2=O)cc(-c2ccc3ccccc3c2)c1OCCN1CCOCC1. The molecular formula is C27H26N2O4S2. The van der Waals surface area contributed by atoms with Crippen molar-refractivity contribution in [3.8, 4) is 22.6 Å². The molecule has 2 aliphatic rings. The number of hydrogen-bond acceptors (Lipinski definition) is 7. The minimum absolute atomic E-state index is 0.183. The second-order valence-corrected chi connectivity index (χ2v) is 10.0. The number of rotatable bonds is 7. The van der Waals surface area contributed by atoms with E-state index in [0.29, 0.717) is 27.3 Å². The number of benzene rings is 3. The summed E-state index contributed by atoms with van der Waals surface area (Å²) in [5.41, 5.74) is 2.77. The van der Waals surface area contributed by atoms with Crippen molar-refractivity contribution in [2.24, 2.45) is 0 Å². The molecule has 1 N–H and O–H groups in total. The van der Waals surface area contributed by atoms with Gasteiger partial charge in [0, 0.05) is 25.2 Å². The summed E-state index contributed by atoms with van der Waals surface area (Å²) in [5, 5.41) is 4.98. The van der Waals surface area contributed by atoms with Gasteiger partial charge < -0.3 is 19.5 Å². The van der Waals surface area contributed by atoms with E-state index in [9.17, 15) is 4.79 Å². The molecule has 3 aromatic carbocycles. The Morgan fingerprint density at radius 1 is 1.11 bits per heavy atom. The average molecular weight is 507 g/mol. The Balaban J connectivity index is 1.53. The summed E-state index contributed by atoms with van der Waals surface area (Å²) in [6.07, 6.45) is 1.84. The molecule has 0 saturated carbocycles. The van der Waals surface area contributed by atoms with E-state index in [0.717, 1.165) is 54.9 Å². The summed E-state index contributed by atoms with van der Waals surface area (Å²) in [6.45, 7) is 4.67. The maximum atomic E-state index is 12.2. The van der Waals surface area contributed by atoms with E-state index in [2.05, 4.69) is 40.5 Å². The van der Waals surface area contributed by atoms with Gasteiger partial charge in [0.1, 0.15) is 10.9 Å².